The summed E-state index contributed by atoms with van der Waals surface area (Å²) in [6, 6.07) is 6.41. The lowest BCUT2D eigenvalue weighted by Crippen LogP contribution is -2.68. The van der Waals surface area contributed by atoms with Crippen molar-refractivity contribution >= 4 is 27.7 Å². The molecule has 0 spiro atoms. The highest BCUT2D eigenvalue weighted by Gasteiger charge is 2.53. The first kappa shape index (κ1) is 15.0. The number of nitrogens with one attached hydrogen (secondary N) is 1. The quantitative estimate of drug-likeness (QED) is 0.874. The summed E-state index contributed by atoms with van der Waals surface area (Å²) in [7, 11) is -3.55. The fourth-order valence-corrected chi connectivity index (χ4v) is 4.08. The van der Waals surface area contributed by atoms with Crippen LogP contribution in [0, 0.1) is 5.92 Å². The smallest absolute Gasteiger partial charge is 0.234 e. The number of fused-ring (bicyclic) bond motifs is 1. The molecule has 4 atom stereocenters. The Hall–Kier alpha value is -0.920. The van der Waals surface area contributed by atoms with Gasteiger partial charge in [0.1, 0.15) is 0 Å². The summed E-state index contributed by atoms with van der Waals surface area (Å²) in [5, 5.41) is 1.75. The zero-order chi connectivity index (χ0) is 15.0. The Morgan fingerprint density at radius 3 is 2.76 bits per heavy atom. The predicted octanol–water partition coefficient (Wildman–Crippen LogP) is 1.34. The minimum atomic E-state index is -3.55. The maximum absolute atomic E-state index is 12.1. The molecular weight excluding hydrogens is 312 g/mol. The number of benzene rings is 1. The SMILES string of the molecule is NC1C2CCOC2C1NS(=O)(=O)C=Cc1ccc(Cl)cc1. The van der Waals surface area contributed by atoms with Crippen LogP contribution < -0.4 is 10.5 Å². The summed E-state index contributed by atoms with van der Waals surface area (Å²) >= 11 is 5.78. The van der Waals surface area contributed by atoms with Crippen molar-refractivity contribution in [2.75, 3.05) is 6.61 Å². The van der Waals surface area contributed by atoms with Gasteiger partial charge in [0.15, 0.2) is 0 Å². The van der Waals surface area contributed by atoms with Crippen molar-refractivity contribution in [3.8, 4) is 0 Å². The van der Waals surface area contributed by atoms with E-state index in [2.05, 4.69) is 4.72 Å². The molecular formula is C14H17ClN2O3S. The molecule has 3 rings (SSSR count). The normalized spacial score (nSPS) is 32.1. The van der Waals surface area contributed by atoms with Crippen molar-refractivity contribution in [1.82, 2.24) is 4.72 Å². The van der Waals surface area contributed by atoms with E-state index >= 15 is 0 Å². The van der Waals surface area contributed by atoms with E-state index in [1.807, 2.05) is 0 Å². The number of rotatable bonds is 4. The molecule has 1 heterocycles. The summed E-state index contributed by atoms with van der Waals surface area (Å²) in [5.74, 6) is 0.276. The van der Waals surface area contributed by atoms with Gasteiger partial charge in [0.05, 0.1) is 12.1 Å². The molecule has 1 saturated carbocycles. The van der Waals surface area contributed by atoms with Crippen molar-refractivity contribution in [3.63, 3.8) is 0 Å². The van der Waals surface area contributed by atoms with Crippen LogP contribution in [0.1, 0.15) is 12.0 Å². The highest BCUT2D eigenvalue weighted by molar-refractivity contribution is 7.92. The van der Waals surface area contributed by atoms with Gasteiger partial charge in [-0.3, -0.25) is 0 Å². The van der Waals surface area contributed by atoms with Crippen molar-refractivity contribution in [3.05, 3.63) is 40.3 Å². The molecule has 7 heteroatoms. The van der Waals surface area contributed by atoms with Crippen LogP contribution in [0.15, 0.2) is 29.7 Å². The van der Waals surface area contributed by atoms with Crippen LogP contribution in [-0.4, -0.2) is 33.2 Å². The Morgan fingerprint density at radius 1 is 1.33 bits per heavy atom. The summed E-state index contributed by atoms with van der Waals surface area (Å²) in [4.78, 5) is 0. The first-order valence-corrected chi connectivity index (χ1v) is 8.72. The molecule has 0 aromatic heterocycles. The second-order valence-corrected chi connectivity index (χ2v) is 7.44. The molecule has 3 N–H and O–H groups in total. The van der Waals surface area contributed by atoms with E-state index in [0.29, 0.717) is 11.6 Å². The van der Waals surface area contributed by atoms with Gasteiger partial charge in [-0.1, -0.05) is 23.7 Å². The highest BCUT2D eigenvalue weighted by atomic mass is 35.5. The van der Waals surface area contributed by atoms with E-state index < -0.39 is 10.0 Å². The number of hydrogen-bond acceptors (Lipinski definition) is 4. The van der Waals surface area contributed by atoms with Gasteiger partial charge in [0.2, 0.25) is 10.0 Å². The molecule has 2 aliphatic rings. The fourth-order valence-electron chi connectivity index (χ4n) is 2.87. The molecule has 4 unspecified atom stereocenters. The summed E-state index contributed by atoms with van der Waals surface area (Å²) in [6.45, 7) is 0.655. The van der Waals surface area contributed by atoms with Crippen LogP contribution in [0.3, 0.4) is 0 Å². The zero-order valence-electron chi connectivity index (χ0n) is 11.3. The standard InChI is InChI=1S/C14H17ClN2O3S/c15-10-3-1-9(2-4-10)6-8-21(18,19)17-13-12(16)11-5-7-20-14(11)13/h1-4,6,8,11-14,17H,5,7,16H2. The molecule has 1 aliphatic carbocycles. The van der Waals surface area contributed by atoms with E-state index in [4.69, 9.17) is 22.1 Å². The lowest BCUT2D eigenvalue weighted by molar-refractivity contribution is -0.00911. The molecule has 114 valence electrons. The highest BCUT2D eigenvalue weighted by Crippen LogP contribution is 2.38. The van der Waals surface area contributed by atoms with Gasteiger partial charge in [-0.2, -0.15) is 0 Å². The third-order valence-electron chi connectivity index (χ3n) is 4.06. The molecule has 0 bridgehead atoms. The number of nitrogens with two attached hydrogens (primary N) is 1. The van der Waals surface area contributed by atoms with Crippen LogP contribution in [-0.2, 0) is 14.8 Å². The van der Waals surface area contributed by atoms with Gasteiger partial charge in [-0.25, -0.2) is 13.1 Å². The monoisotopic (exact) mass is 328 g/mol. The fraction of sp³-hybridized carbons (Fsp3) is 0.429. The summed E-state index contributed by atoms with van der Waals surface area (Å²) in [5.41, 5.74) is 6.76. The Balaban J connectivity index is 1.66. The van der Waals surface area contributed by atoms with Crippen LogP contribution in [0.5, 0.6) is 0 Å². The Labute approximate surface area is 129 Å². The second-order valence-electron chi connectivity index (χ2n) is 5.41. The molecule has 5 nitrogen and oxygen atoms in total. The van der Waals surface area contributed by atoms with Crippen molar-refractivity contribution in [2.45, 2.75) is 24.6 Å². The summed E-state index contributed by atoms with van der Waals surface area (Å²) < 4.78 is 32.3. The third-order valence-corrected chi connectivity index (χ3v) is 5.40. The molecule has 21 heavy (non-hydrogen) atoms. The van der Waals surface area contributed by atoms with Gasteiger partial charge >= 0.3 is 0 Å². The van der Waals surface area contributed by atoms with E-state index in [0.717, 1.165) is 17.4 Å². The zero-order valence-corrected chi connectivity index (χ0v) is 12.8. The topological polar surface area (TPSA) is 81.4 Å². The molecule has 1 saturated heterocycles. The lowest BCUT2D eigenvalue weighted by atomic mass is 9.73. The minimum Gasteiger partial charge on any atom is -0.376 e. The van der Waals surface area contributed by atoms with Gasteiger partial charge < -0.3 is 10.5 Å². The number of halogens is 1. The van der Waals surface area contributed by atoms with E-state index in [9.17, 15) is 8.42 Å². The van der Waals surface area contributed by atoms with E-state index in [1.165, 1.54) is 6.08 Å². The molecule has 0 radical (unpaired) electrons. The first-order chi connectivity index (χ1) is 9.96. The van der Waals surface area contributed by atoms with Gasteiger partial charge in [0.25, 0.3) is 0 Å². The van der Waals surface area contributed by atoms with Crippen molar-refractivity contribution < 1.29 is 13.2 Å². The maximum atomic E-state index is 12.1. The molecule has 1 aromatic carbocycles. The number of ether oxygens (including phenoxy) is 1. The third kappa shape index (κ3) is 3.14. The lowest BCUT2D eigenvalue weighted by Gasteiger charge is -2.45. The van der Waals surface area contributed by atoms with Crippen LogP contribution >= 0.6 is 11.6 Å². The van der Waals surface area contributed by atoms with Crippen LogP contribution in [0.4, 0.5) is 0 Å². The molecule has 1 aliphatic heterocycles. The Kier molecular flexibility index (Phi) is 4.07. The first-order valence-electron chi connectivity index (χ1n) is 6.79. The Bertz CT molecular complexity index is 645. The Morgan fingerprint density at radius 2 is 2.05 bits per heavy atom. The van der Waals surface area contributed by atoms with Gasteiger partial charge in [-0.15, -0.1) is 0 Å². The average Bonchev–Trinajstić information content (AvgIpc) is 2.89. The largest absolute Gasteiger partial charge is 0.376 e. The predicted molar refractivity (Wildman–Crippen MR) is 82.2 cm³/mol. The molecule has 0 amide bonds. The van der Waals surface area contributed by atoms with Crippen molar-refractivity contribution in [2.24, 2.45) is 11.7 Å². The van der Waals surface area contributed by atoms with Gasteiger partial charge in [0, 0.05) is 29.0 Å². The molecule has 2 fully saturated rings. The maximum Gasteiger partial charge on any atom is 0.234 e. The number of hydrogen-bond donors (Lipinski definition) is 2. The second kappa shape index (κ2) is 5.70. The number of sulfonamides is 1. The minimum absolute atomic E-state index is 0.0845. The summed E-state index contributed by atoms with van der Waals surface area (Å²) in [6.07, 6.45) is 2.35. The van der Waals surface area contributed by atoms with Crippen LogP contribution in [0.25, 0.3) is 6.08 Å². The molecule has 1 aromatic rings. The van der Waals surface area contributed by atoms with E-state index in [1.54, 1.807) is 24.3 Å². The van der Waals surface area contributed by atoms with Crippen LogP contribution in [0.2, 0.25) is 5.02 Å². The van der Waals surface area contributed by atoms with E-state index in [-0.39, 0.29) is 24.1 Å². The van der Waals surface area contributed by atoms with Crippen molar-refractivity contribution in [1.29, 1.82) is 0 Å². The average molecular weight is 329 g/mol. The van der Waals surface area contributed by atoms with Gasteiger partial charge in [-0.05, 0) is 30.2 Å².